The first kappa shape index (κ1) is 21.4. The van der Waals surface area contributed by atoms with E-state index in [4.69, 9.17) is 9.47 Å². The highest BCUT2D eigenvalue weighted by molar-refractivity contribution is 5.91. The number of nitrogens with one attached hydrogen (secondary N) is 1. The Kier molecular flexibility index (Phi) is 7.48. The third kappa shape index (κ3) is 5.40. The van der Waals surface area contributed by atoms with Crippen LogP contribution in [0.15, 0.2) is 41.7 Å². The van der Waals surface area contributed by atoms with E-state index in [9.17, 15) is 9.59 Å². The first-order chi connectivity index (χ1) is 14.6. The lowest BCUT2D eigenvalue weighted by molar-refractivity contribution is -0.116. The number of amides is 1. The van der Waals surface area contributed by atoms with E-state index >= 15 is 0 Å². The Hall–Kier alpha value is -3.29. The maximum atomic E-state index is 12.3. The molecule has 1 aliphatic rings. The lowest BCUT2D eigenvalue weighted by Gasteiger charge is -2.09. The molecule has 1 aromatic heterocycles. The molecule has 1 amide bonds. The number of nitrogens with zero attached hydrogens (tertiary/aromatic N) is 3. The van der Waals surface area contributed by atoms with Gasteiger partial charge >= 0.3 is 5.69 Å². The SMILES string of the molecule is C=CCOc1ccc(C=CC(=O)NCCCn2nc3n(c2=O)CCCC3)cc1OC. The van der Waals surface area contributed by atoms with Crippen molar-refractivity contribution in [1.29, 1.82) is 0 Å². The van der Waals surface area contributed by atoms with Gasteiger partial charge in [-0.2, -0.15) is 5.10 Å². The number of carbonyl (C=O) groups excluding carboxylic acids is 1. The van der Waals surface area contributed by atoms with Gasteiger partial charge in [-0.15, -0.1) is 0 Å². The summed E-state index contributed by atoms with van der Waals surface area (Å²) in [7, 11) is 1.57. The number of carbonyl (C=O) groups is 1. The topological polar surface area (TPSA) is 87.4 Å². The van der Waals surface area contributed by atoms with Crippen molar-refractivity contribution in [3.63, 3.8) is 0 Å². The monoisotopic (exact) mass is 412 g/mol. The molecule has 0 aliphatic carbocycles. The van der Waals surface area contributed by atoms with Gasteiger partial charge in [-0.25, -0.2) is 9.48 Å². The van der Waals surface area contributed by atoms with Crippen LogP contribution >= 0.6 is 0 Å². The van der Waals surface area contributed by atoms with Crippen LogP contribution in [0, 0.1) is 0 Å². The lowest BCUT2D eigenvalue weighted by Crippen LogP contribution is -2.28. The smallest absolute Gasteiger partial charge is 0.345 e. The molecule has 0 unspecified atom stereocenters. The molecule has 3 rings (SSSR count). The predicted molar refractivity (Wildman–Crippen MR) is 115 cm³/mol. The minimum atomic E-state index is -0.197. The van der Waals surface area contributed by atoms with E-state index in [0.717, 1.165) is 37.2 Å². The molecule has 1 aliphatic heterocycles. The standard InChI is InChI=1S/C22H28N4O4/c1-3-15-30-18-10-8-17(16-19(18)29-2)9-11-21(27)23-12-6-14-26-22(28)25-13-5-4-7-20(25)24-26/h3,8-11,16H,1,4-7,12-15H2,2H3,(H,23,27). The average Bonchev–Trinajstić information content (AvgIpc) is 3.09. The van der Waals surface area contributed by atoms with Gasteiger partial charge in [0.05, 0.1) is 7.11 Å². The van der Waals surface area contributed by atoms with Gasteiger partial charge in [0.25, 0.3) is 0 Å². The summed E-state index contributed by atoms with van der Waals surface area (Å²) in [6.45, 7) is 5.72. The van der Waals surface area contributed by atoms with E-state index in [0.29, 0.717) is 37.6 Å². The molecule has 2 aromatic rings. The summed E-state index contributed by atoms with van der Waals surface area (Å²) in [6, 6.07) is 5.44. The van der Waals surface area contributed by atoms with Crippen LogP contribution in [0.1, 0.15) is 30.7 Å². The number of hydrogen-bond donors (Lipinski definition) is 1. The van der Waals surface area contributed by atoms with Gasteiger partial charge in [-0.3, -0.25) is 9.36 Å². The number of methoxy groups -OCH3 is 1. The van der Waals surface area contributed by atoms with Crippen molar-refractivity contribution in [3.05, 3.63) is 58.8 Å². The van der Waals surface area contributed by atoms with Gasteiger partial charge in [0, 0.05) is 32.1 Å². The van der Waals surface area contributed by atoms with Crippen LogP contribution in [0.2, 0.25) is 0 Å². The van der Waals surface area contributed by atoms with Gasteiger partial charge in [0.2, 0.25) is 5.91 Å². The number of aromatic nitrogens is 3. The summed E-state index contributed by atoms with van der Waals surface area (Å²) in [6.07, 6.45) is 8.44. The van der Waals surface area contributed by atoms with E-state index in [1.54, 1.807) is 36.0 Å². The quantitative estimate of drug-likeness (QED) is 0.367. The molecule has 0 spiro atoms. The second kappa shape index (κ2) is 10.5. The van der Waals surface area contributed by atoms with Crippen molar-refractivity contribution in [2.24, 2.45) is 0 Å². The van der Waals surface area contributed by atoms with Crippen LogP contribution in [0.4, 0.5) is 0 Å². The Morgan fingerprint density at radius 3 is 2.97 bits per heavy atom. The second-order valence-corrected chi connectivity index (χ2v) is 7.02. The molecule has 0 saturated carbocycles. The first-order valence-electron chi connectivity index (χ1n) is 10.2. The number of ether oxygens (including phenoxy) is 2. The molecule has 0 bridgehead atoms. The van der Waals surface area contributed by atoms with Crippen molar-refractivity contribution >= 4 is 12.0 Å². The van der Waals surface area contributed by atoms with Crippen molar-refractivity contribution in [2.75, 3.05) is 20.3 Å². The molecule has 8 nitrogen and oxygen atoms in total. The van der Waals surface area contributed by atoms with Crippen molar-refractivity contribution in [1.82, 2.24) is 19.7 Å². The Balaban J connectivity index is 1.46. The average molecular weight is 412 g/mol. The Bertz CT molecular complexity index is 974. The number of benzene rings is 1. The van der Waals surface area contributed by atoms with E-state index in [1.807, 2.05) is 6.07 Å². The fraction of sp³-hybridized carbons (Fsp3) is 0.409. The zero-order chi connectivity index (χ0) is 21.3. The maximum absolute atomic E-state index is 12.3. The Labute approximate surface area is 175 Å². The molecule has 1 N–H and O–H groups in total. The van der Waals surface area contributed by atoms with Crippen LogP contribution in [-0.4, -0.2) is 40.5 Å². The van der Waals surface area contributed by atoms with E-state index in [2.05, 4.69) is 17.0 Å². The van der Waals surface area contributed by atoms with Crippen LogP contribution in [0.3, 0.4) is 0 Å². The third-order valence-electron chi connectivity index (χ3n) is 4.85. The van der Waals surface area contributed by atoms with Crippen molar-refractivity contribution in [2.45, 2.75) is 38.8 Å². The molecule has 0 saturated heterocycles. The van der Waals surface area contributed by atoms with Crippen LogP contribution in [0.25, 0.3) is 6.08 Å². The highest BCUT2D eigenvalue weighted by atomic mass is 16.5. The number of fused-ring (bicyclic) bond motifs is 1. The summed E-state index contributed by atoms with van der Waals surface area (Å²) in [4.78, 5) is 24.3. The van der Waals surface area contributed by atoms with Gasteiger partial charge in [-0.05, 0) is 43.0 Å². The minimum Gasteiger partial charge on any atom is -0.493 e. The van der Waals surface area contributed by atoms with Gasteiger partial charge in [0.1, 0.15) is 12.4 Å². The van der Waals surface area contributed by atoms with Crippen molar-refractivity contribution < 1.29 is 14.3 Å². The summed E-state index contributed by atoms with van der Waals surface area (Å²) in [5.74, 6) is 1.88. The highest BCUT2D eigenvalue weighted by Gasteiger charge is 2.16. The normalized spacial score (nSPS) is 13.1. The largest absolute Gasteiger partial charge is 0.493 e. The molecular weight excluding hydrogens is 384 g/mol. The zero-order valence-electron chi connectivity index (χ0n) is 17.3. The minimum absolute atomic E-state index is 0.0506. The Morgan fingerprint density at radius 2 is 2.20 bits per heavy atom. The summed E-state index contributed by atoms with van der Waals surface area (Å²) >= 11 is 0. The number of rotatable bonds is 10. The molecular formula is C22H28N4O4. The number of hydrogen-bond acceptors (Lipinski definition) is 5. The van der Waals surface area contributed by atoms with Gasteiger partial charge in [-0.1, -0.05) is 18.7 Å². The van der Waals surface area contributed by atoms with Gasteiger partial charge < -0.3 is 14.8 Å². The molecule has 1 aromatic carbocycles. The molecule has 0 atom stereocenters. The fourth-order valence-electron chi connectivity index (χ4n) is 3.32. The van der Waals surface area contributed by atoms with E-state index < -0.39 is 0 Å². The molecule has 2 heterocycles. The predicted octanol–water partition coefficient (Wildman–Crippen LogP) is 2.17. The van der Waals surface area contributed by atoms with Crippen molar-refractivity contribution in [3.8, 4) is 11.5 Å². The Morgan fingerprint density at radius 1 is 1.33 bits per heavy atom. The molecule has 8 heteroatoms. The lowest BCUT2D eigenvalue weighted by atomic mass is 10.2. The third-order valence-corrected chi connectivity index (χ3v) is 4.85. The van der Waals surface area contributed by atoms with Crippen LogP contribution in [-0.2, 0) is 24.3 Å². The first-order valence-corrected chi connectivity index (χ1v) is 10.2. The summed E-state index contributed by atoms with van der Waals surface area (Å²) < 4.78 is 14.1. The summed E-state index contributed by atoms with van der Waals surface area (Å²) in [5.41, 5.74) is 0.772. The van der Waals surface area contributed by atoms with E-state index in [-0.39, 0.29) is 11.6 Å². The van der Waals surface area contributed by atoms with E-state index in [1.165, 1.54) is 10.8 Å². The molecule has 160 valence electrons. The molecule has 30 heavy (non-hydrogen) atoms. The maximum Gasteiger partial charge on any atom is 0.345 e. The van der Waals surface area contributed by atoms with Crippen LogP contribution < -0.4 is 20.5 Å². The second-order valence-electron chi connectivity index (χ2n) is 7.02. The molecule has 0 fully saturated rings. The number of aryl methyl sites for hydroxylation is 2. The fourth-order valence-corrected chi connectivity index (χ4v) is 3.32. The summed E-state index contributed by atoms with van der Waals surface area (Å²) in [5, 5.41) is 7.23. The van der Waals surface area contributed by atoms with Crippen LogP contribution in [0.5, 0.6) is 11.5 Å². The zero-order valence-corrected chi connectivity index (χ0v) is 17.3. The highest BCUT2D eigenvalue weighted by Crippen LogP contribution is 2.28. The molecule has 0 radical (unpaired) electrons. The van der Waals surface area contributed by atoms with Gasteiger partial charge in [0.15, 0.2) is 11.5 Å².